The van der Waals surface area contributed by atoms with Crippen molar-refractivity contribution in [3.63, 3.8) is 0 Å². The van der Waals surface area contributed by atoms with Gasteiger partial charge in [0, 0.05) is 0 Å². The SMILES string of the molecule is CC1CCN([C@@H]2CS(=O)(=O)C[C@H]2O)CC1. The largest absolute Gasteiger partial charge is 0.390 e. The van der Waals surface area contributed by atoms with Gasteiger partial charge in [-0.2, -0.15) is 0 Å². The van der Waals surface area contributed by atoms with Crippen LogP contribution in [0.15, 0.2) is 0 Å². The molecule has 0 unspecified atom stereocenters. The van der Waals surface area contributed by atoms with E-state index in [0.29, 0.717) is 0 Å². The van der Waals surface area contributed by atoms with Crippen LogP contribution in [-0.4, -0.2) is 55.2 Å². The molecule has 1 N–H and O–H groups in total. The molecule has 0 aromatic heterocycles. The van der Waals surface area contributed by atoms with Crippen LogP contribution in [0.3, 0.4) is 0 Å². The van der Waals surface area contributed by atoms with Crippen molar-refractivity contribution in [2.24, 2.45) is 5.92 Å². The smallest absolute Gasteiger partial charge is 0.154 e. The highest BCUT2D eigenvalue weighted by molar-refractivity contribution is 7.91. The third-order valence-corrected chi connectivity index (χ3v) is 5.28. The monoisotopic (exact) mass is 233 g/mol. The normalized spacial score (nSPS) is 38.3. The van der Waals surface area contributed by atoms with Crippen LogP contribution in [-0.2, 0) is 9.84 Å². The van der Waals surface area contributed by atoms with Crippen molar-refractivity contribution in [3.8, 4) is 0 Å². The maximum atomic E-state index is 11.4. The molecule has 0 spiro atoms. The average molecular weight is 233 g/mol. The topological polar surface area (TPSA) is 57.6 Å². The molecular weight excluding hydrogens is 214 g/mol. The minimum Gasteiger partial charge on any atom is -0.390 e. The van der Waals surface area contributed by atoms with Gasteiger partial charge in [-0.1, -0.05) is 6.92 Å². The Bertz CT molecular complexity index is 320. The fourth-order valence-corrected chi connectivity index (χ4v) is 4.35. The van der Waals surface area contributed by atoms with Crippen molar-refractivity contribution >= 4 is 9.84 Å². The third kappa shape index (κ3) is 2.52. The van der Waals surface area contributed by atoms with E-state index in [4.69, 9.17) is 0 Å². The Morgan fingerprint density at radius 2 is 1.80 bits per heavy atom. The van der Waals surface area contributed by atoms with Gasteiger partial charge in [-0.15, -0.1) is 0 Å². The molecule has 0 aromatic rings. The predicted molar refractivity (Wildman–Crippen MR) is 58.4 cm³/mol. The highest BCUT2D eigenvalue weighted by Crippen LogP contribution is 2.24. The first-order valence-electron chi connectivity index (χ1n) is 5.60. The summed E-state index contributed by atoms with van der Waals surface area (Å²) in [6, 6.07) is -0.150. The second-order valence-corrected chi connectivity index (χ2v) is 7.08. The summed E-state index contributed by atoms with van der Waals surface area (Å²) >= 11 is 0. The molecule has 2 aliphatic rings. The minimum absolute atomic E-state index is 0.0519. The molecular formula is C10H19NO3S. The van der Waals surface area contributed by atoms with E-state index in [1.54, 1.807) is 0 Å². The molecule has 2 rings (SSSR count). The third-order valence-electron chi connectivity index (χ3n) is 3.58. The second-order valence-electron chi connectivity index (χ2n) is 4.93. The number of hydrogen-bond acceptors (Lipinski definition) is 4. The Labute approximate surface area is 91.2 Å². The van der Waals surface area contributed by atoms with Crippen LogP contribution in [0.5, 0.6) is 0 Å². The Balaban J connectivity index is 2.00. The van der Waals surface area contributed by atoms with Crippen molar-refractivity contribution < 1.29 is 13.5 Å². The lowest BCUT2D eigenvalue weighted by Gasteiger charge is -2.35. The van der Waals surface area contributed by atoms with Crippen LogP contribution >= 0.6 is 0 Å². The summed E-state index contributed by atoms with van der Waals surface area (Å²) in [7, 11) is -3.00. The van der Waals surface area contributed by atoms with Crippen LogP contribution in [0.4, 0.5) is 0 Å². The van der Waals surface area contributed by atoms with Crippen molar-refractivity contribution in [2.45, 2.75) is 31.9 Å². The van der Waals surface area contributed by atoms with Gasteiger partial charge in [0.25, 0.3) is 0 Å². The van der Waals surface area contributed by atoms with Gasteiger partial charge in [-0.3, -0.25) is 4.90 Å². The number of likely N-dealkylation sites (tertiary alicyclic amines) is 1. The zero-order valence-electron chi connectivity index (χ0n) is 9.09. The van der Waals surface area contributed by atoms with E-state index in [-0.39, 0.29) is 17.5 Å². The summed E-state index contributed by atoms with van der Waals surface area (Å²) in [6.45, 7) is 4.08. The molecule has 5 heteroatoms. The average Bonchev–Trinajstić information content (AvgIpc) is 2.41. The minimum atomic E-state index is -3.00. The van der Waals surface area contributed by atoms with Gasteiger partial charge in [0.15, 0.2) is 9.84 Å². The van der Waals surface area contributed by atoms with Gasteiger partial charge in [0.05, 0.1) is 23.7 Å². The van der Waals surface area contributed by atoms with Crippen LogP contribution in [0.2, 0.25) is 0 Å². The quantitative estimate of drug-likeness (QED) is 0.686. The van der Waals surface area contributed by atoms with Crippen molar-refractivity contribution in [2.75, 3.05) is 24.6 Å². The summed E-state index contributed by atoms with van der Waals surface area (Å²) in [5.41, 5.74) is 0. The number of piperidine rings is 1. The zero-order chi connectivity index (χ0) is 11.1. The van der Waals surface area contributed by atoms with Gasteiger partial charge >= 0.3 is 0 Å². The zero-order valence-corrected chi connectivity index (χ0v) is 9.91. The highest BCUT2D eigenvalue weighted by Gasteiger charge is 2.40. The van der Waals surface area contributed by atoms with E-state index in [1.165, 1.54) is 0 Å². The summed E-state index contributed by atoms with van der Waals surface area (Å²) in [5, 5.41) is 9.72. The van der Waals surface area contributed by atoms with E-state index < -0.39 is 15.9 Å². The number of aliphatic hydroxyl groups is 1. The number of hydrogen-bond donors (Lipinski definition) is 1. The van der Waals surface area contributed by atoms with E-state index in [1.807, 2.05) is 0 Å². The molecule has 2 fully saturated rings. The van der Waals surface area contributed by atoms with Gasteiger partial charge < -0.3 is 5.11 Å². The number of sulfone groups is 1. The molecule has 2 heterocycles. The maximum Gasteiger partial charge on any atom is 0.154 e. The van der Waals surface area contributed by atoms with Crippen LogP contribution < -0.4 is 0 Å². The second kappa shape index (κ2) is 4.03. The van der Waals surface area contributed by atoms with Gasteiger partial charge in [0.2, 0.25) is 0 Å². The van der Waals surface area contributed by atoms with E-state index in [9.17, 15) is 13.5 Å². The van der Waals surface area contributed by atoms with Gasteiger partial charge in [-0.25, -0.2) is 8.42 Å². The number of nitrogens with zero attached hydrogens (tertiary/aromatic N) is 1. The number of aliphatic hydroxyl groups excluding tert-OH is 1. The van der Waals surface area contributed by atoms with Gasteiger partial charge in [0.1, 0.15) is 0 Å². The number of rotatable bonds is 1. The molecule has 15 heavy (non-hydrogen) atoms. The molecule has 2 atom stereocenters. The Kier molecular flexibility index (Phi) is 3.05. The first kappa shape index (κ1) is 11.4. The summed E-state index contributed by atoms with van der Waals surface area (Å²) < 4.78 is 22.7. The highest BCUT2D eigenvalue weighted by atomic mass is 32.2. The first-order chi connectivity index (χ1) is 6.98. The molecule has 0 aromatic carbocycles. The Morgan fingerprint density at radius 3 is 2.27 bits per heavy atom. The summed E-state index contributed by atoms with van der Waals surface area (Å²) in [4.78, 5) is 2.15. The molecule has 0 saturated carbocycles. The van der Waals surface area contributed by atoms with Crippen LogP contribution in [0, 0.1) is 5.92 Å². The summed E-state index contributed by atoms with van der Waals surface area (Å²) in [5.74, 6) is 0.822. The van der Waals surface area contributed by atoms with Crippen molar-refractivity contribution in [1.29, 1.82) is 0 Å². The molecule has 4 nitrogen and oxygen atoms in total. The molecule has 2 aliphatic heterocycles. The van der Waals surface area contributed by atoms with Crippen LogP contribution in [0.25, 0.3) is 0 Å². The first-order valence-corrected chi connectivity index (χ1v) is 7.42. The molecule has 0 radical (unpaired) electrons. The van der Waals surface area contributed by atoms with Crippen molar-refractivity contribution in [3.05, 3.63) is 0 Å². The van der Waals surface area contributed by atoms with E-state index in [2.05, 4.69) is 11.8 Å². The molecule has 88 valence electrons. The van der Waals surface area contributed by atoms with Gasteiger partial charge in [-0.05, 0) is 31.8 Å². The predicted octanol–water partition coefficient (Wildman–Crippen LogP) is -0.124. The van der Waals surface area contributed by atoms with Crippen LogP contribution in [0.1, 0.15) is 19.8 Å². The lowest BCUT2D eigenvalue weighted by Crippen LogP contribution is -2.46. The van der Waals surface area contributed by atoms with E-state index in [0.717, 1.165) is 31.8 Å². The standard InChI is InChI=1S/C10H19NO3S/c1-8-2-4-11(5-3-8)9-6-15(13,14)7-10(9)12/h8-10,12H,2-7H2,1H3/t9-,10-/m1/s1. The molecule has 0 bridgehead atoms. The lowest BCUT2D eigenvalue weighted by molar-refractivity contribution is 0.0609. The van der Waals surface area contributed by atoms with E-state index >= 15 is 0 Å². The fraction of sp³-hybridized carbons (Fsp3) is 1.00. The lowest BCUT2D eigenvalue weighted by atomic mass is 9.97. The molecule has 0 amide bonds. The molecule has 2 saturated heterocycles. The Morgan fingerprint density at radius 1 is 1.20 bits per heavy atom. The Hall–Kier alpha value is -0.130. The maximum absolute atomic E-state index is 11.4. The van der Waals surface area contributed by atoms with Crippen molar-refractivity contribution in [1.82, 2.24) is 4.90 Å². The molecule has 0 aliphatic carbocycles. The summed E-state index contributed by atoms with van der Waals surface area (Å²) in [6.07, 6.45) is 1.55. The fourth-order valence-electron chi connectivity index (χ4n) is 2.52.